The van der Waals surface area contributed by atoms with Crippen LogP contribution in [0.2, 0.25) is 19.1 Å². The number of alkyl carbamates (subject to hydrolysis) is 1. The number of carbonyl (C=O) groups excluding carboxylic acids is 5. The molecule has 1 aromatic rings. The van der Waals surface area contributed by atoms with Crippen LogP contribution < -0.4 is 16.0 Å². The highest BCUT2D eigenvalue weighted by atomic mass is 28.4. The van der Waals surface area contributed by atoms with Crippen molar-refractivity contribution in [1.29, 1.82) is 0 Å². The van der Waals surface area contributed by atoms with E-state index in [-0.39, 0.29) is 47.8 Å². The fourth-order valence-electron chi connectivity index (χ4n) is 8.81. The number of nitrogens with zero attached hydrogens (tertiary/aromatic N) is 3. The van der Waals surface area contributed by atoms with Crippen LogP contribution in [0.4, 0.5) is 4.79 Å². The molecule has 1 saturated heterocycles. The largest absolute Gasteiger partial charge is 0.439 e. The van der Waals surface area contributed by atoms with Gasteiger partial charge in [-0.2, -0.15) is 0 Å². The van der Waals surface area contributed by atoms with Crippen LogP contribution in [0.5, 0.6) is 0 Å². The number of amides is 5. The molecule has 10 atom stereocenters. The van der Waals surface area contributed by atoms with Crippen LogP contribution in [0.25, 0.3) is 0 Å². The van der Waals surface area contributed by atoms with E-state index in [1.54, 1.807) is 44.9 Å². The smallest absolute Gasteiger partial charge is 0.407 e. The standard InChI is InChI=1S/C46H82N6O9Si/c1-16-31(6)40(51(11)45(56)38(29(2)3)49-44(55)39(30(4)5)50(9)10)36(59-12)28-37(53)52-26-20-24-35(52)41(60-13)32(7)43(54)48-33(8)42(34-22-18-17-19-23-34)61-46(57)47-25-21-27-62(14,15)58/h17-19,22-23,29-33,35-36,38-42,58H,16,20-21,24-28H2,1-15H3,(H,47,57)(H,48,54)(H,49,55)/t31-,32+,33+,35-,36+,38-,39-,40-,41+,42+/m0/s1. The third kappa shape index (κ3) is 15.9. The first-order valence-corrected chi connectivity index (χ1v) is 25.8. The molecule has 0 aliphatic carbocycles. The first-order valence-electron chi connectivity index (χ1n) is 22.6. The van der Waals surface area contributed by atoms with Gasteiger partial charge in [0.2, 0.25) is 23.6 Å². The number of hydrogen-bond acceptors (Lipinski definition) is 10. The number of hydrogen-bond donors (Lipinski definition) is 4. The molecule has 16 heteroatoms. The number of likely N-dealkylation sites (N-methyl/N-ethyl adjacent to an activating group) is 2. The Kier molecular flexibility index (Phi) is 22.6. The number of likely N-dealkylation sites (tertiary alicyclic amines) is 1. The molecular weight excluding hydrogens is 809 g/mol. The highest BCUT2D eigenvalue weighted by Crippen LogP contribution is 2.30. The highest BCUT2D eigenvalue weighted by Gasteiger charge is 2.43. The number of rotatable bonds is 25. The van der Waals surface area contributed by atoms with Crippen molar-refractivity contribution in [1.82, 2.24) is 30.7 Å². The monoisotopic (exact) mass is 891 g/mol. The molecule has 1 heterocycles. The summed E-state index contributed by atoms with van der Waals surface area (Å²) in [5.74, 6) is -1.82. The molecule has 0 radical (unpaired) electrons. The zero-order valence-corrected chi connectivity index (χ0v) is 41.5. The second-order valence-corrected chi connectivity index (χ2v) is 23.0. The van der Waals surface area contributed by atoms with Crippen molar-refractivity contribution in [3.8, 4) is 0 Å². The summed E-state index contributed by atoms with van der Waals surface area (Å²) in [5.41, 5.74) is 0.715. The van der Waals surface area contributed by atoms with Gasteiger partial charge in [0, 0.05) is 34.4 Å². The molecule has 1 fully saturated rings. The zero-order chi connectivity index (χ0) is 47.1. The molecule has 1 aliphatic heterocycles. The van der Waals surface area contributed by atoms with Gasteiger partial charge in [-0.15, -0.1) is 0 Å². The molecule has 5 amide bonds. The summed E-state index contributed by atoms with van der Waals surface area (Å²) in [6.45, 7) is 20.0. The minimum atomic E-state index is -2.24. The van der Waals surface area contributed by atoms with Crippen molar-refractivity contribution in [2.75, 3.05) is 48.5 Å². The quantitative estimate of drug-likeness (QED) is 0.0755. The van der Waals surface area contributed by atoms with Crippen molar-refractivity contribution in [3.63, 3.8) is 0 Å². The molecule has 354 valence electrons. The molecule has 2 rings (SSSR count). The van der Waals surface area contributed by atoms with E-state index in [1.165, 1.54) is 0 Å². The summed E-state index contributed by atoms with van der Waals surface area (Å²) in [6.07, 6.45) is -0.00214. The summed E-state index contributed by atoms with van der Waals surface area (Å²) in [5, 5.41) is 8.87. The van der Waals surface area contributed by atoms with Crippen LogP contribution in [0, 0.1) is 23.7 Å². The maximum absolute atomic E-state index is 14.4. The van der Waals surface area contributed by atoms with Gasteiger partial charge in [-0.05, 0) is 82.7 Å². The molecule has 1 aliphatic rings. The predicted octanol–water partition coefficient (Wildman–Crippen LogP) is 5.19. The van der Waals surface area contributed by atoms with Gasteiger partial charge in [-0.25, -0.2) is 4.79 Å². The Morgan fingerprint density at radius 2 is 1.53 bits per heavy atom. The topological polar surface area (TPSA) is 179 Å². The van der Waals surface area contributed by atoms with Gasteiger partial charge in [-0.1, -0.05) is 85.2 Å². The summed E-state index contributed by atoms with van der Waals surface area (Å²) in [4.78, 5) is 84.6. The molecule has 0 unspecified atom stereocenters. The molecule has 0 aromatic heterocycles. The van der Waals surface area contributed by atoms with E-state index in [1.807, 2.05) is 104 Å². The van der Waals surface area contributed by atoms with Crippen LogP contribution in [-0.2, 0) is 33.4 Å². The fraction of sp³-hybridized carbons (Fsp3) is 0.761. The fourth-order valence-corrected chi connectivity index (χ4v) is 9.85. The van der Waals surface area contributed by atoms with Gasteiger partial charge in [0.05, 0.1) is 48.7 Å². The molecule has 0 spiro atoms. The number of benzene rings is 1. The Morgan fingerprint density at radius 1 is 0.903 bits per heavy atom. The van der Waals surface area contributed by atoms with Crippen molar-refractivity contribution in [3.05, 3.63) is 35.9 Å². The molecule has 1 aromatic carbocycles. The second-order valence-electron chi connectivity index (χ2n) is 18.8. The van der Waals surface area contributed by atoms with E-state index in [9.17, 15) is 28.8 Å². The molecule has 62 heavy (non-hydrogen) atoms. The average Bonchev–Trinajstić information content (AvgIpc) is 3.69. The molecule has 15 nitrogen and oxygen atoms in total. The first kappa shape index (κ1) is 54.6. The van der Waals surface area contributed by atoms with E-state index in [2.05, 4.69) is 16.0 Å². The van der Waals surface area contributed by atoms with Gasteiger partial charge in [0.25, 0.3) is 0 Å². The SMILES string of the molecule is CC[C@H](C)[C@@H]([C@@H](CC(=O)N1CCC[C@H]1[C@H](OC)[C@@H](C)C(=O)N[C@H](C)[C@@H](OC(=O)NCCC[Si](C)(C)O)c1ccccc1)OC)N(C)C(=O)[C@@H](NC(=O)[C@H](C(C)C)N(C)C)C(C)C. The zero-order valence-electron chi connectivity index (χ0n) is 40.5. The summed E-state index contributed by atoms with van der Waals surface area (Å²) in [6, 6.07) is 7.19. The first-order chi connectivity index (χ1) is 29.0. The Bertz CT molecular complexity index is 1550. The predicted molar refractivity (Wildman–Crippen MR) is 246 cm³/mol. The van der Waals surface area contributed by atoms with Crippen molar-refractivity contribution < 1.29 is 43.0 Å². The number of methoxy groups -OCH3 is 2. The van der Waals surface area contributed by atoms with E-state index < -0.39 is 68.8 Å². The summed E-state index contributed by atoms with van der Waals surface area (Å²) >= 11 is 0. The Balaban J connectivity index is 2.26. The lowest BCUT2D eigenvalue weighted by Gasteiger charge is -2.41. The lowest BCUT2D eigenvalue weighted by atomic mass is 9.89. The van der Waals surface area contributed by atoms with Crippen LogP contribution in [0.15, 0.2) is 30.3 Å². The van der Waals surface area contributed by atoms with Gasteiger partial charge < -0.3 is 44.8 Å². The molecule has 4 N–H and O–H groups in total. The average molecular weight is 891 g/mol. The highest BCUT2D eigenvalue weighted by molar-refractivity contribution is 6.69. The minimum Gasteiger partial charge on any atom is -0.439 e. The van der Waals surface area contributed by atoms with Crippen LogP contribution in [0.1, 0.15) is 99.2 Å². The van der Waals surface area contributed by atoms with E-state index in [0.717, 1.165) is 12.8 Å². The minimum absolute atomic E-state index is 0.000285. The summed E-state index contributed by atoms with van der Waals surface area (Å²) in [7, 11) is 6.29. The van der Waals surface area contributed by atoms with Gasteiger partial charge in [0.1, 0.15) is 12.1 Å². The summed E-state index contributed by atoms with van der Waals surface area (Å²) < 4.78 is 18.0. The maximum atomic E-state index is 14.4. The van der Waals surface area contributed by atoms with E-state index in [0.29, 0.717) is 37.5 Å². The van der Waals surface area contributed by atoms with Crippen molar-refractivity contribution in [2.45, 2.75) is 155 Å². The van der Waals surface area contributed by atoms with Crippen LogP contribution in [0.3, 0.4) is 0 Å². The lowest BCUT2D eigenvalue weighted by molar-refractivity contribution is -0.148. The lowest BCUT2D eigenvalue weighted by Crippen LogP contribution is -2.59. The van der Waals surface area contributed by atoms with Crippen molar-refractivity contribution in [2.24, 2.45) is 23.7 Å². The molecular formula is C46H82N6O9Si. The maximum Gasteiger partial charge on any atom is 0.407 e. The van der Waals surface area contributed by atoms with Crippen molar-refractivity contribution >= 4 is 38.0 Å². The van der Waals surface area contributed by atoms with Crippen LogP contribution in [-0.4, -0.2) is 148 Å². The Labute approximate surface area is 373 Å². The van der Waals surface area contributed by atoms with E-state index in [4.69, 9.17) is 14.2 Å². The normalized spacial score (nSPS) is 18.9. The van der Waals surface area contributed by atoms with Crippen LogP contribution >= 0.6 is 0 Å². The Morgan fingerprint density at radius 3 is 2.05 bits per heavy atom. The van der Waals surface area contributed by atoms with Gasteiger partial charge in [-0.3, -0.25) is 24.1 Å². The Hall–Kier alpha value is -3.57. The van der Waals surface area contributed by atoms with E-state index >= 15 is 0 Å². The van der Waals surface area contributed by atoms with Gasteiger partial charge >= 0.3 is 6.09 Å². The number of nitrogens with one attached hydrogen (secondary N) is 3. The third-order valence-corrected chi connectivity index (χ3v) is 13.9. The molecule has 0 saturated carbocycles. The number of ether oxygens (including phenoxy) is 3. The second kappa shape index (κ2) is 25.7. The molecule has 0 bridgehead atoms. The third-order valence-electron chi connectivity index (χ3n) is 12.4. The van der Waals surface area contributed by atoms with Gasteiger partial charge in [0.15, 0.2) is 8.32 Å². The number of carbonyl (C=O) groups is 5.